The zero-order valence-corrected chi connectivity index (χ0v) is 10.2. The highest BCUT2D eigenvalue weighted by Crippen LogP contribution is 2.23. The van der Waals surface area contributed by atoms with Gasteiger partial charge in [0.2, 0.25) is 0 Å². The SMILES string of the molecule is CCC(C)(CCO)Nc1ncc(N)cc1C#N. The maximum absolute atomic E-state index is 9.04. The van der Waals surface area contributed by atoms with Crippen LogP contribution in [0.5, 0.6) is 0 Å². The van der Waals surface area contributed by atoms with Crippen LogP contribution in [0.15, 0.2) is 12.3 Å². The van der Waals surface area contributed by atoms with Crippen molar-refractivity contribution in [2.45, 2.75) is 32.2 Å². The summed E-state index contributed by atoms with van der Waals surface area (Å²) in [4.78, 5) is 4.12. The van der Waals surface area contributed by atoms with Crippen molar-refractivity contribution in [3.05, 3.63) is 17.8 Å². The van der Waals surface area contributed by atoms with Crippen LogP contribution in [-0.2, 0) is 0 Å². The van der Waals surface area contributed by atoms with Crippen LogP contribution >= 0.6 is 0 Å². The fourth-order valence-corrected chi connectivity index (χ4v) is 1.53. The number of rotatable bonds is 5. The number of nitriles is 1. The van der Waals surface area contributed by atoms with E-state index in [1.807, 2.05) is 13.8 Å². The normalized spacial score (nSPS) is 13.8. The van der Waals surface area contributed by atoms with Crippen molar-refractivity contribution in [2.24, 2.45) is 0 Å². The number of nitrogens with zero attached hydrogens (tertiary/aromatic N) is 2. The van der Waals surface area contributed by atoms with Crippen LogP contribution in [0.2, 0.25) is 0 Å². The molecule has 0 aliphatic rings. The first-order valence-electron chi connectivity index (χ1n) is 5.59. The Hall–Kier alpha value is -1.80. The molecule has 0 bridgehead atoms. The summed E-state index contributed by atoms with van der Waals surface area (Å²) in [5.41, 5.74) is 6.19. The highest BCUT2D eigenvalue weighted by molar-refractivity contribution is 5.58. The van der Waals surface area contributed by atoms with Gasteiger partial charge in [0.1, 0.15) is 11.9 Å². The maximum Gasteiger partial charge on any atom is 0.144 e. The molecule has 0 aromatic carbocycles. The lowest BCUT2D eigenvalue weighted by Crippen LogP contribution is -2.35. The third kappa shape index (κ3) is 3.33. The van der Waals surface area contributed by atoms with Crippen molar-refractivity contribution in [3.63, 3.8) is 0 Å². The summed E-state index contributed by atoms with van der Waals surface area (Å²) >= 11 is 0. The minimum atomic E-state index is -0.274. The van der Waals surface area contributed by atoms with E-state index in [1.54, 1.807) is 6.07 Å². The van der Waals surface area contributed by atoms with Gasteiger partial charge in [0.05, 0.1) is 17.4 Å². The molecule has 0 radical (unpaired) electrons. The molecule has 0 saturated carbocycles. The van der Waals surface area contributed by atoms with E-state index in [0.29, 0.717) is 23.5 Å². The van der Waals surface area contributed by atoms with Gasteiger partial charge in [0.25, 0.3) is 0 Å². The average molecular weight is 234 g/mol. The summed E-state index contributed by atoms with van der Waals surface area (Å²) < 4.78 is 0. The molecular weight excluding hydrogens is 216 g/mol. The number of nitrogen functional groups attached to an aromatic ring is 1. The van der Waals surface area contributed by atoms with Crippen LogP contribution in [0.4, 0.5) is 11.5 Å². The zero-order chi connectivity index (χ0) is 12.9. The molecule has 0 fully saturated rings. The molecule has 0 amide bonds. The predicted octanol–water partition coefficient (Wildman–Crippen LogP) is 1.50. The third-order valence-corrected chi connectivity index (χ3v) is 2.89. The van der Waals surface area contributed by atoms with Gasteiger partial charge >= 0.3 is 0 Å². The lowest BCUT2D eigenvalue weighted by atomic mass is 9.94. The Balaban J connectivity index is 2.98. The van der Waals surface area contributed by atoms with E-state index in [0.717, 1.165) is 6.42 Å². The van der Waals surface area contributed by atoms with Crippen LogP contribution in [0.1, 0.15) is 32.3 Å². The van der Waals surface area contributed by atoms with E-state index in [9.17, 15) is 0 Å². The number of nitrogens with one attached hydrogen (secondary N) is 1. The fraction of sp³-hybridized carbons (Fsp3) is 0.500. The molecule has 1 atom stereocenters. The second kappa shape index (κ2) is 5.51. The molecule has 5 heteroatoms. The fourth-order valence-electron chi connectivity index (χ4n) is 1.53. The molecule has 0 aliphatic carbocycles. The van der Waals surface area contributed by atoms with Crippen LogP contribution in [0.3, 0.4) is 0 Å². The Morgan fingerprint density at radius 2 is 2.35 bits per heavy atom. The van der Waals surface area contributed by atoms with Crippen LogP contribution in [0.25, 0.3) is 0 Å². The van der Waals surface area contributed by atoms with Crippen molar-refractivity contribution >= 4 is 11.5 Å². The minimum absolute atomic E-state index is 0.0915. The molecule has 1 aromatic heterocycles. The molecule has 92 valence electrons. The topological polar surface area (TPSA) is 95.0 Å². The van der Waals surface area contributed by atoms with Crippen molar-refractivity contribution < 1.29 is 5.11 Å². The van der Waals surface area contributed by atoms with Gasteiger partial charge in [-0.05, 0) is 25.8 Å². The summed E-state index contributed by atoms with van der Waals surface area (Å²) in [6.45, 7) is 4.10. The van der Waals surface area contributed by atoms with Gasteiger partial charge in [-0.3, -0.25) is 0 Å². The minimum Gasteiger partial charge on any atom is -0.397 e. The molecule has 1 unspecified atom stereocenters. The van der Waals surface area contributed by atoms with Crippen LogP contribution in [0, 0.1) is 11.3 Å². The van der Waals surface area contributed by atoms with Crippen molar-refractivity contribution in [2.75, 3.05) is 17.7 Å². The molecule has 1 rings (SSSR count). The lowest BCUT2D eigenvalue weighted by molar-refractivity contribution is 0.252. The summed E-state index contributed by atoms with van der Waals surface area (Å²) in [7, 11) is 0. The Labute approximate surface area is 101 Å². The van der Waals surface area contributed by atoms with Gasteiger partial charge < -0.3 is 16.2 Å². The second-order valence-corrected chi connectivity index (χ2v) is 4.29. The number of aliphatic hydroxyl groups excluding tert-OH is 1. The molecule has 0 saturated heterocycles. The number of pyridine rings is 1. The number of nitrogens with two attached hydrogens (primary N) is 1. The van der Waals surface area contributed by atoms with Crippen molar-refractivity contribution in [3.8, 4) is 6.07 Å². The Morgan fingerprint density at radius 1 is 1.65 bits per heavy atom. The monoisotopic (exact) mass is 234 g/mol. The Bertz CT molecular complexity index is 427. The van der Waals surface area contributed by atoms with Gasteiger partial charge in [-0.25, -0.2) is 4.98 Å². The first-order chi connectivity index (χ1) is 8.04. The largest absolute Gasteiger partial charge is 0.397 e. The first kappa shape index (κ1) is 13.3. The molecular formula is C12H18N4O. The second-order valence-electron chi connectivity index (χ2n) is 4.29. The lowest BCUT2D eigenvalue weighted by Gasteiger charge is -2.30. The highest BCUT2D eigenvalue weighted by Gasteiger charge is 2.22. The summed E-state index contributed by atoms with van der Waals surface area (Å²) in [6.07, 6.45) is 2.93. The molecule has 1 heterocycles. The molecule has 1 aromatic rings. The number of aliphatic hydroxyl groups is 1. The van der Waals surface area contributed by atoms with E-state index < -0.39 is 0 Å². The summed E-state index contributed by atoms with van der Waals surface area (Å²) in [5, 5.41) is 21.2. The predicted molar refractivity (Wildman–Crippen MR) is 67.4 cm³/mol. The standard InChI is InChI=1S/C12H18N4O/c1-3-12(2,4-5-17)16-11-9(7-13)6-10(14)8-15-11/h6,8,17H,3-5,14H2,1-2H3,(H,15,16). The third-order valence-electron chi connectivity index (χ3n) is 2.89. The number of hydrogen-bond donors (Lipinski definition) is 3. The molecule has 17 heavy (non-hydrogen) atoms. The molecule has 5 nitrogen and oxygen atoms in total. The van der Waals surface area contributed by atoms with Crippen molar-refractivity contribution in [1.82, 2.24) is 4.98 Å². The van der Waals surface area contributed by atoms with Gasteiger partial charge in [0.15, 0.2) is 0 Å². The quantitative estimate of drug-likeness (QED) is 0.717. The summed E-state index contributed by atoms with van der Waals surface area (Å²) in [5.74, 6) is 0.513. The number of anilines is 2. The van der Waals surface area contributed by atoms with Crippen LogP contribution < -0.4 is 11.1 Å². The average Bonchev–Trinajstić information content (AvgIpc) is 2.32. The zero-order valence-electron chi connectivity index (χ0n) is 10.2. The van der Waals surface area contributed by atoms with Gasteiger partial charge in [-0.2, -0.15) is 5.26 Å². The van der Waals surface area contributed by atoms with Gasteiger partial charge in [0, 0.05) is 12.1 Å². The molecule has 4 N–H and O–H groups in total. The number of aromatic nitrogens is 1. The van der Waals surface area contributed by atoms with E-state index in [-0.39, 0.29) is 12.1 Å². The Kier molecular flexibility index (Phi) is 4.30. The van der Waals surface area contributed by atoms with E-state index in [2.05, 4.69) is 16.4 Å². The van der Waals surface area contributed by atoms with Gasteiger partial charge in [-0.15, -0.1) is 0 Å². The van der Waals surface area contributed by atoms with E-state index in [1.165, 1.54) is 6.20 Å². The molecule has 0 aliphatic heterocycles. The smallest absolute Gasteiger partial charge is 0.144 e. The van der Waals surface area contributed by atoms with Gasteiger partial charge in [-0.1, -0.05) is 6.92 Å². The number of hydrogen-bond acceptors (Lipinski definition) is 5. The first-order valence-corrected chi connectivity index (χ1v) is 5.59. The highest BCUT2D eigenvalue weighted by atomic mass is 16.3. The molecule has 0 spiro atoms. The maximum atomic E-state index is 9.04. The van der Waals surface area contributed by atoms with E-state index in [4.69, 9.17) is 16.1 Å². The summed E-state index contributed by atoms with van der Waals surface area (Å²) in [6, 6.07) is 3.65. The van der Waals surface area contributed by atoms with E-state index >= 15 is 0 Å². The van der Waals surface area contributed by atoms with Crippen molar-refractivity contribution in [1.29, 1.82) is 5.26 Å². The van der Waals surface area contributed by atoms with Crippen LogP contribution in [-0.4, -0.2) is 22.2 Å². The Morgan fingerprint density at radius 3 is 2.88 bits per heavy atom.